The van der Waals surface area contributed by atoms with Crippen LogP contribution in [-0.2, 0) is 13.2 Å². The summed E-state index contributed by atoms with van der Waals surface area (Å²) in [4.78, 5) is 16.9. The average molecular weight is 375 g/mol. The second-order valence-corrected chi connectivity index (χ2v) is 7.69. The Hall–Kier alpha value is -1.79. The molecule has 1 saturated carbocycles. The van der Waals surface area contributed by atoms with Gasteiger partial charge in [0.05, 0.1) is 31.4 Å². The molecule has 0 aliphatic heterocycles. The fourth-order valence-corrected chi connectivity index (χ4v) is 4.37. The van der Waals surface area contributed by atoms with E-state index >= 15 is 0 Å². The number of ether oxygens (including phenoxy) is 1. The Bertz CT molecular complexity index is 738. The van der Waals surface area contributed by atoms with Gasteiger partial charge >= 0.3 is 0 Å². The molecule has 0 radical (unpaired) electrons. The zero-order chi connectivity index (χ0) is 18.4. The number of carbonyl (C=O) groups excluding carboxylic acids is 1. The molecule has 0 unspecified atom stereocenters. The number of thioether (sulfide) groups is 1. The zero-order valence-corrected chi connectivity index (χ0v) is 16.0. The van der Waals surface area contributed by atoms with E-state index in [0.29, 0.717) is 23.0 Å². The van der Waals surface area contributed by atoms with Crippen LogP contribution >= 0.6 is 11.8 Å². The Labute approximate surface area is 158 Å². The number of benzene rings is 1. The molecule has 6 heteroatoms. The predicted molar refractivity (Wildman–Crippen MR) is 103 cm³/mol. The summed E-state index contributed by atoms with van der Waals surface area (Å²) >= 11 is 1.44. The summed E-state index contributed by atoms with van der Waals surface area (Å²) in [6.07, 6.45) is 8.08. The van der Waals surface area contributed by atoms with Gasteiger partial charge in [0.15, 0.2) is 10.9 Å². The Balaban J connectivity index is 1.67. The lowest BCUT2D eigenvalue weighted by Crippen LogP contribution is -2.17. The van der Waals surface area contributed by atoms with E-state index in [2.05, 4.69) is 9.55 Å². The van der Waals surface area contributed by atoms with Crippen molar-refractivity contribution in [2.45, 2.75) is 50.4 Å². The van der Waals surface area contributed by atoms with Crippen LogP contribution < -0.4 is 4.74 Å². The van der Waals surface area contributed by atoms with Crippen LogP contribution in [-0.4, -0.2) is 33.3 Å². The van der Waals surface area contributed by atoms with Gasteiger partial charge in [0.1, 0.15) is 5.75 Å². The minimum atomic E-state index is -0.0237. The van der Waals surface area contributed by atoms with Crippen LogP contribution in [0.1, 0.15) is 48.2 Å². The molecule has 2 aromatic rings. The molecular formula is C20H26N2O3S. The summed E-state index contributed by atoms with van der Waals surface area (Å²) in [5, 5.41) is 10.4. The third-order valence-corrected chi connectivity index (χ3v) is 5.94. The van der Waals surface area contributed by atoms with Crippen molar-refractivity contribution in [1.29, 1.82) is 0 Å². The van der Waals surface area contributed by atoms with Crippen molar-refractivity contribution in [3.05, 3.63) is 41.7 Å². The van der Waals surface area contributed by atoms with Crippen molar-refractivity contribution in [2.24, 2.45) is 5.92 Å². The molecule has 1 N–H and O–H groups in total. The Kier molecular flexibility index (Phi) is 6.74. The number of hydrogen-bond donors (Lipinski definition) is 1. The van der Waals surface area contributed by atoms with E-state index in [-0.39, 0.29) is 12.4 Å². The number of ketones is 1. The third-order valence-electron chi connectivity index (χ3n) is 4.95. The van der Waals surface area contributed by atoms with Gasteiger partial charge in [-0.3, -0.25) is 4.79 Å². The lowest BCUT2D eigenvalue weighted by molar-refractivity contribution is 0.102. The molecular weight excluding hydrogens is 348 g/mol. The maximum Gasteiger partial charge on any atom is 0.173 e. The summed E-state index contributed by atoms with van der Waals surface area (Å²) < 4.78 is 7.28. The van der Waals surface area contributed by atoms with Gasteiger partial charge < -0.3 is 14.4 Å². The number of aliphatic hydroxyl groups is 1. The summed E-state index contributed by atoms with van der Waals surface area (Å²) in [6, 6.07) is 7.22. The predicted octanol–water partition coefficient (Wildman–Crippen LogP) is 3.94. The van der Waals surface area contributed by atoms with Crippen LogP contribution in [0.25, 0.3) is 0 Å². The fourth-order valence-electron chi connectivity index (χ4n) is 3.47. The number of rotatable bonds is 8. The molecule has 140 valence electrons. The van der Waals surface area contributed by atoms with Crippen LogP contribution in [0.3, 0.4) is 0 Å². The molecule has 0 amide bonds. The number of carbonyl (C=O) groups is 1. The molecule has 5 nitrogen and oxygen atoms in total. The maximum absolute atomic E-state index is 12.5. The van der Waals surface area contributed by atoms with Gasteiger partial charge in [-0.05, 0) is 30.9 Å². The minimum Gasteiger partial charge on any atom is -0.497 e. The summed E-state index contributed by atoms with van der Waals surface area (Å²) in [6.45, 7) is 0.857. The van der Waals surface area contributed by atoms with E-state index in [0.717, 1.165) is 17.4 Å². The summed E-state index contributed by atoms with van der Waals surface area (Å²) in [5.41, 5.74) is 1.47. The smallest absolute Gasteiger partial charge is 0.173 e. The first-order chi connectivity index (χ1) is 12.7. The lowest BCUT2D eigenvalue weighted by atomic mass is 9.89. The van der Waals surface area contributed by atoms with Crippen molar-refractivity contribution in [3.8, 4) is 5.75 Å². The molecule has 0 spiro atoms. The van der Waals surface area contributed by atoms with E-state index in [9.17, 15) is 9.90 Å². The van der Waals surface area contributed by atoms with Gasteiger partial charge in [0, 0.05) is 12.1 Å². The van der Waals surface area contributed by atoms with Gasteiger partial charge in [-0.1, -0.05) is 43.2 Å². The molecule has 1 aromatic heterocycles. The first-order valence-corrected chi connectivity index (χ1v) is 10.1. The molecule has 1 aliphatic carbocycles. The van der Waals surface area contributed by atoms with Gasteiger partial charge in [0.25, 0.3) is 0 Å². The van der Waals surface area contributed by atoms with Crippen molar-refractivity contribution in [2.75, 3.05) is 12.9 Å². The maximum atomic E-state index is 12.5. The van der Waals surface area contributed by atoms with Crippen molar-refractivity contribution in [1.82, 2.24) is 9.55 Å². The number of aromatic nitrogens is 2. The topological polar surface area (TPSA) is 64.3 Å². The Morgan fingerprint density at radius 3 is 2.88 bits per heavy atom. The number of methoxy groups -OCH3 is 1. The summed E-state index contributed by atoms with van der Waals surface area (Å²) in [5.74, 6) is 1.69. The van der Waals surface area contributed by atoms with E-state index in [1.807, 2.05) is 12.1 Å². The van der Waals surface area contributed by atoms with Crippen LogP contribution in [0, 0.1) is 5.92 Å². The average Bonchev–Trinajstić information content (AvgIpc) is 3.08. The normalized spacial score (nSPS) is 15.2. The van der Waals surface area contributed by atoms with Gasteiger partial charge in [-0.2, -0.15) is 0 Å². The first kappa shape index (κ1) is 19.0. The second-order valence-electron chi connectivity index (χ2n) is 6.75. The van der Waals surface area contributed by atoms with Crippen LogP contribution in [0.5, 0.6) is 5.75 Å². The fraction of sp³-hybridized carbons (Fsp3) is 0.500. The quantitative estimate of drug-likeness (QED) is 0.560. The molecule has 0 atom stereocenters. The molecule has 1 aliphatic rings. The largest absolute Gasteiger partial charge is 0.497 e. The molecule has 26 heavy (non-hydrogen) atoms. The SMILES string of the molecule is COc1cccc(C(=O)CSc2ncc(CO)n2CC2CCCCC2)c1. The van der Waals surface area contributed by atoms with E-state index in [4.69, 9.17) is 4.74 Å². The van der Waals surface area contributed by atoms with Crippen molar-refractivity contribution >= 4 is 17.5 Å². The standard InChI is InChI=1S/C20H26N2O3S/c1-25-18-9-5-8-16(10-18)19(24)14-26-20-21-11-17(13-23)22(20)12-15-6-3-2-4-7-15/h5,8-11,15,23H,2-4,6-7,12-14H2,1H3. The third kappa shape index (κ3) is 4.68. The first-order valence-electron chi connectivity index (χ1n) is 9.16. The second kappa shape index (κ2) is 9.24. The van der Waals surface area contributed by atoms with Gasteiger partial charge in [0.2, 0.25) is 0 Å². The number of nitrogens with zero attached hydrogens (tertiary/aromatic N) is 2. The van der Waals surface area contributed by atoms with E-state index in [1.54, 1.807) is 25.4 Å². The zero-order valence-electron chi connectivity index (χ0n) is 15.2. The van der Waals surface area contributed by atoms with E-state index in [1.165, 1.54) is 43.9 Å². The Morgan fingerprint density at radius 2 is 2.15 bits per heavy atom. The van der Waals surface area contributed by atoms with Crippen molar-refractivity contribution < 1.29 is 14.6 Å². The molecule has 3 rings (SSSR count). The van der Waals surface area contributed by atoms with Gasteiger partial charge in [-0.15, -0.1) is 0 Å². The van der Waals surface area contributed by atoms with Gasteiger partial charge in [-0.25, -0.2) is 4.98 Å². The molecule has 0 bridgehead atoms. The van der Waals surface area contributed by atoms with Crippen LogP contribution in [0.15, 0.2) is 35.6 Å². The van der Waals surface area contributed by atoms with Crippen LogP contribution in [0.2, 0.25) is 0 Å². The number of Topliss-reactive ketones (excluding diaryl/α,β-unsaturated/α-hetero) is 1. The lowest BCUT2D eigenvalue weighted by Gasteiger charge is -2.23. The molecule has 1 heterocycles. The number of imidazole rings is 1. The monoisotopic (exact) mass is 374 g/mol. The highest BCUT2D eigenvalue weighted by Crippen LogP contribution is 2.28. The van der Waals surface area contributed by atoms with Crippen molar-refractivity contribution in [3.63, 3.8) is 0 Å². The van der Waals surface area contributed by atoms with Crippen LogP contribution in [0.4, 0.5) is 0 Å². The highest BCUT2D eigenvalue weighted by atomic mass is 32.2. The number of hydrogen-bond acceptors (Lipinski definition) is 5. The Morgan fingerprint density at radius 1 is 1.35 bits per heavy atom. The molecule has 1 aromatic carbocycles. The summed E-state index contributed by atoms with van der Waals surface area (Å²) in [7, 11) is 1.59. The highest BCUT2D eigenvalue weighted by molar-refractivity contribution is 7.99. The number of aliphatic hydroxyl groups excluding tert-OH is 1. The highest BCUT2D eigenvalue weighted by Gasteiger charge is 2.19. The molecule has 0 saturated heterocycles. The van der Waals surface area contributed by atoms with E-state index < -0.39 is 0 Å². The molecule has 1 fully saturated rings. The minimum absolute atomic E-state index is 0.0237.